The number of hydrogen-bond donors (Lipinski definition) is 1. The molecule has 0 bridgehead atoms. The van der Waals surface area contributed by atoms with Gasteiger partial charge in [0.2, 0.25) is 0 Å². The number of likely N-dealkylation sites (N-methyl/N-ethyl adjacent to an activating group) is 1. The van der Waals surface area contributed by atoms with Crippen molar-refractivity contribution in [2.24, 2.45) is 0 Å². The minimum Gasteiger partial charge on any atom is -0.392 e. The molecule has 1 saturated heterocycles. The van der Waals surface area contributed by atoms with Gasteiger partial charge in [-0.15, -0.1) is 0 Å². The molecule has 1 aromatic carbocycles. The Morgan fingerprint density at radius 3 is 2.83 bits per heavy atom. The summed E-state index contributed by atoms with van der Waals surface area (Å²) in [5, 5.41) is 18.4. The van der Waals surface area contributed by atoms with Gasteiger partial charge in [0.15, 0.2) is 0 Å². The molecule has 1 N–H and O–H groups in total. The molecule has 1 unspecified atom stereocenters. The zero-order valence-electron chi connectivity index (χ0n) is 10.9. The summed E-state index contributed by atoms with van der Waals surface area (Å²) < 4.78 is 0. The molecule has 0 aliphatic carbocycles. The molecule has 4 heteroatoms. The lowest BCUT2D eigenvalue weighted by molar-refractivity contribution is 0.275. The number of nitrogens with zero attached hydrogens (tertiary/aromatic N) is 3. The third-order valence-corrected chi connectivity index (χ3v) is 3.50. The molecule has 0 amide bonds. The van der Waals surface area contributed by atoms with Crippen molar-refractivity contribution in [2.75, 3.05) is 31.6 Å². The van der Waals surface area contributed by atoms with Crippen LogP contribution < -0.4 is 4.90 Å². The van der Waals surface area contributed by atoms with Crippen molar-refractivity contribution in [2.45, 2.75) is 19.6 Å². The first-order valence-corrected chi connectivity index (χ1v) is 6.24. The monoisotopic (exact) mass is 245 g/mol. The first kappa shape index (κ1) is 12.9. The van der Waals surface area contributed by atoms with Gasteiger partial charge in [-0.3, -0.25) is 0 Å². The van der Waals surface area contributed by atoms with Crippen LogP contribution in [-0.4, -0.2) is 42.7 Å². The van der Waals surface area contributed by atoms with Crippen molar-refractivity contribution in [1.82, 2.24) is 4.90 Å². The van der Waals surface area contributed by atoms with Crippen LogP contribution in [-0.2, 0) is 6.61 Å². The largest absolute Gasteiger partial charge is 0.392 e. The summed E-state index contributed by atoms with van der Waals surface area (Å²) in [5.74, 6) is 0. The van der Waals surface area contributed by atoms with Crippen molar-refractivity contribution in [3.8, 4) is 6.07 Å². The summed E-state index contributed by atoms with van der Waals surface area (Å²) in [6.45, 7) is 5.11. The molecule has 0 saturated carbocycles. The Bertz CT molecular complexity index is 467. The molecule has 1 aliphatic heterocycles. The Morgan fingerprint density at radius 1 is 1.44 bits per heavy atom. The number of rotatable bonds is 2. The standard InChI is InChI=1S/C14H19N3O/c1-11-9-16(2)5-6-17(11)14-4-3-12(10-18)7-13(14)8-15/h3-4,7,11,18H,5-6,9-10H2,1-2H3. The zero-order valence-corrected chi connectivity index (χ0v) is 10.9. The first-order chi connectivity index (χ1) is 8.65. The van der Waals surface area contributed by atoms with E-state index in [1.165, 1.54) is 0 Å². The summed E-state index contributed by atoms with van der Waals surface area (Å²) >= 11 is 0. The van der Waals surface area contributed by atoms with Gasteiger partial charge < -0.3 is 14.9 Å². The molecule has 1 atom stereocenters. The molecule has 1 fully saturated rings. The smallest absolute Gasteiger partial charge is 0.101 e. The van der Waals surface area contributed by atoms with Crippen LogP contribution in [0.1, 0.15) is 18.1 Å². The van der Waals surface area contributed by atoms with Crippen LogP contribution >= 0.6 is 0 Å². The molecular weight excluding hydrogens is 226 g/mol. The number of aliphatic hydroxyl groups excluding tert-OH is 1. The average molecular weight is 245 g/mol. The van der Waals surface area contributed by atoms with Gasteiger partial charge in [-0.05, 0) is 31.7 Å². The van der Waals surface area contributed by atoms with E-state index in [1.807, 2.05) is 12.1 Å². The van der Waals surface area contributed by atoms with E-state index in [9.17, 15) is 5.26 Å². The maximum Gasteiger partial charge on any atom is 0.101 e. The number of benzene rings is 1. The molecule has 96 valence electrons. The van der Waals surface area contributed by atoms with E-state index in [0.717, 1.165) is 30.9 Å². The maximum atomic E-state index is 9.24. The molecule has 18 heavy (non-hydrogen) atoms. The predicted molar refractivity (Wildman–Crippen MR) is 71.4 cm³/mol. The van der Waals surface area contributed by atoms with Crippen molar-refractivity contribution in [3.63, 3.8) is 0 Å². The van der Waals surface area contributed by atoms with Crippen LogP contribution in [0.4, 0.5) is 5.69 Å². The SMILES string of the molecule is CC1CN(C)CCN1c1ccc(CO)cc1C#N. The second kappa shape index (κ2) is 5.38. The lowest BCUT2D eigenvalue weighted by atomic mass is 10.1. The molecule has 1 aliphatic rings. The number of nitriles is 1. The topological polar surface area (TPSA) is 50.5 Å². The maximum absolute atomic E-state index is 9.24. The van der Waals surface area contributed by atoms with E-state index < -0.39 is 0 Å². The number of piperazine rings is 1. The number of hydrogen-bond acceptors (Lipinski definition) is 4. The Kier molecular flexibility index (Phi) is 3.85. The molecule has 0 spiro atoms. The fraction of sp³-hybridized carbons (Fsp3) is 0.500. The molecule has 2 rings (SSSR count). The second-order valence-corrected chi connectivity index (χ2v) is 4.93. The van der Waals surface area contributed by atoms with Crippen LogP contribution in [0.25, 0.3) is 0 Å². The summed E-state index contributed by atoms with van der Waals surface area (Å²) in [5.41, 5.74) is 2.42. The van der Waals surface area contributed by atoms with Gasteiger partial charge in [0, 0.05) is 25.7 Å². The van der Waals surface area contributed by atoms with Gasteiger partial charge in [-0.1, -0.05) is 6.07 Å². The minimum absolute atomic E-state index is 0.0206. The molecule has 0 radical (unpaired) electrons. The van der Waals surface area contributed by atoms with Crippen molar-refractivity contribution in [1.29, 1.82) is 5.26 Å². The Labute approximate surface area is 108 Å². The van der Waals surface area contributed by atoms with Crippen molar-refractivity contribution >= 4 is 5.69 Å². The van der Waals surface area contributed by atoms with Crippen LogP contribution in [0, 0.1) is 11.3 Å². The summed E-state index contributed by atoms with van der Waals surface area (Å²) in [6, 6.07) is 8.25. The zero-order chi connectivity index (χ0) is 13.1. The molecule has 1 heterocycles. The normalized spacial score (nSPS) is 20.8. The second-order valence-electron chi connectivity index (χ2n) is 4.93. The van der Waals surface area contributed by atoms with Crippen molar-refractivity contribution < 1.29 is 5.11 Å². The van der Waals surface area contributed by atoms with Gasteiger partial charge >= 0.3 is 0 Å². The van der Waals surface area contributed by atoms with Gasteiger partial charge in [0.05, 0.1) is 17.9 Å². The van der Waals surface area contributed by atoms with Gasteiger partial charge in [-0.2, -0.15) is 5.26 Å². The third-order valence-electron chi connectivity index (χ3n) is 3.50. The molecule has 0 aromatic heterocycles. The number of anilines is 1. The van der Waals surface area contributed by atoms with Crippen LogP contribution in [0.2, 0.25) is 0 Å². The Morgan fingerprint density at radius 2 is 2.22 bits per heavy atom. The van der Waals surface area contributed by atoms with E-state index in [4.69, 9.17) is 5.11 Å². The van der Waals surface area contributed by atoms with E-state index in [0.29, 0.717) is 11.6 Å². The summed E-state index contributed by atoms with van der Waals surface area (Å²) in [4.78, 5) is 4.58. The predicted octanol–water partition coefficient (Wildman–Crippen LogP) is 1.19. The van der Waals surface area contributed by atoms with E-state index in [-0.39, 0.29) is 6.61 Å². The fourth-order valence-corrected chi connectivity index (χ4v) is 2.52. The lowest BCUT2D eigenvalue weighted by Crippen LogP contribution is -2.50. The molecule has 1 aromatic rings. The van der Waals surface area contributed by atoms with Crippen LogP contribution in [0.15, 0.2) is 18.2 Å². The molecular formula is C14H19N3O. The highest BCUT2D eigenvalue weighted by Gasteiger charge is 2.23. The average Bonchev–Trinajstić information content (AvgIpc) is 2.38. The Balaban J connectivity index is 2.30. The van der Waals surface area contributed by atoms with Crippen molar-refractivity contribution in [3.05, 3.63) is 29.3 Å². The minimum atomic E-state index is -0.0206. The van der Waals surface area contributed by atoms with E-state index >= 15 is 0 Å². The van der Waals surface area contributed by atoms with Gasteiger partial charge in [-0.25, -0.2) is 0 Å². The van der Waals surface area contributed by atoms with Crippen LogP contribution in [0.3, 0.4) is 0 Å². The quantitative estimate of drug-likeness (QED) is 0.850. The highest BCUT2D eigenvalue weighted by molar-refractivity contribution is 5.61. The van der Waals surface area contributed by atoms with Gasteiger partial charge in [0.25, 0.3) is 0 Å². The first-order valence-electron chi connectivity index (χ1n) is 6.24. The highest BCUT2D eigenvalue weighted by Crippen LogP contribution is 2.25. The fourth-order valence-electron chi connectivity index (χ4n) is 2.52. The number of aliphatic hydroxyl groups is 1. The molecule has 4 nitrogen and oxygen atoms in total. The van der Waals surface area contributed by atoms with E-state index in [2.05, 4.69) is 29.8 Å². The lowest BCUT2D eigenvalue weighted by Gasteiger charge is -2.40. The summed E-state index contributed by atoms with van der Waals surface area (Å²) in [6.07, 6.45) is 0. The van der Waals surface area contributed by atoms with Gasteiger partial charge in [0.1, 0.15) is 6.07 Å². The Hall–Kier alpha value is -1.57. The van der Waals surface area contributed by atoms with E-state index in [1.54, 1.807) is 6.07 Å². The summed E-state index contributed by atoms with van der Waals surface area (Å²) in [7, 11) is 2.12. The highest BCUT2D eigenvalue weighted by atomic mass is 16.3. The van der Waals surface area contributed by atoms with Crippen LogP contribution in [0.5, 0.6) is 0 Å². The third kappa shape index (κ3) is 2.47.